The largest absolute Gasteiger partial charge is 0.497 e. The molecule has 0 atom stereocenters. The van der Waals surface area contributed by atoms with Crippen molar-refractivity contribution in [2.24, 2.45) is 4.99 Å². The maximum atomic E-state index is 6.04. The van der Waals surface area contributed by atoms with Gasteiger partial charge in [0, 0.05) is 6.21 Å². The lowest BCUT2D eigenvalue weighted by Crippen LogP contribution is -1.84. The standard InChI is InChI=1S/C14H11Cl2NO/c1-18-11-7-5-10(6-8-11)9-17-13-4-2-3-12(15)14(13)16/h2-9H,1H3. The number of benzene rings is 2. The lowest BCUT2D eigenvalue weighted by atomic mass is 10.2. The average molecular weight is 280 g/mol. The molecule has 2 rings (SSSR count). The first-order chi connectivity index (χ1) is 8.70. The van der Waals surface area contributed by atoms with Gasteiger partial charge in [0.2, 0.25) is 0 Å². The van der Waals surface area contributed by atoms with E-state index in [0.29, 0.717) is 15.7 Å². The second-order valence-electron chi connectivity index (χ2n) is 3.60. The summed E-state index contributed by atoms with van der Waals surface area (Å²) in [6, 6.07) is 12.9. The van der Waals surface area contributed by atoms with Gasteiger partial charge in [0.1, 0.15) is 5.75 Å². The highest BCUT2D eigenvalue weighted by molar-refractivity contribution is 6.43. The quantitative estimate of drug-likeness (QED) is 0.743. The van der Waals surface area contributed by atoms with Crippen LogP contribution >= 0.6 is 23.2 Å². The summed E-state index contributed by atoms with van der Waals surface area (Å²) in [6.07, 6.45) is 1.73. The summed E-state index contributed by atoms with van der Waals surface area (Å²) in [4.78, 5) is 4.31. The van der Waals surface area contributed by atoms with Gasteiger partial charge in [-0.25, -0.2) is 0 Å². The summed E-state index contributed by atoms with van der Waals surface area (Å²) >= 11 is 12.0. The molecule has 92 valence electrons. The highest BCUT2D eigenvalue weighted by Gasteiger charge is 2.01. The van der Waals surface area contributed by atoms with Gasteiger partial charge >= 0.3 is 0 Å². The molecule has 0 aliphatic rings. The molecule has 0 aromatic heterocycles. The van der Waals surface area contributed by atoms with Crippen molar-refractivity contribution in [1.29, 1.82) is 0 Å². The van der Waals surface area contributed by atoms with E-state index in [1.54, 1.807) is 19.4 Å². The lowest BCUT2D eigenvalue weighted by Gasteiger charge is -2.01. The molecule has 0 saturated carbocycles. The van der Waals surface area contributed by atoms with E-state index >= 15 is 0 Å². The van der Waals surface area contributed by atoms with Crippen molar-refractivity contribution in [2.75, 3.05) is 7.11 Å². The van der Waals surface area contributed by atoms with Crippen LogP contribution in [0.2, 0.25) is 10.0 Å². The van der Waals surface area contributed by atoms with Crippen molar-refractivity contribution in [1.82, 2.24) is 0 Å². The van der Waals surface area contributed by atoms with Crippen LogP contribution in [0.3, 0.4) is 0 Å². The van der Waals surface area contributed by atoms with Gasteiger partial charge in [0.25, 0.3) is 0 Å². The molecular weight excluding hydrogens is 269 g/mol. The van der Waals surface area contributed by atoms with Crippen molar-refractivity contribution in [3.8, 4) is 5.75 Å². The predicted octanol–water partition coefficient (Wildman–Crippen LogP) is 4.75. The van der Waals surface area contributed by atoms with Crippen LogP contribution in [0.15, 0.2) is 47.5 Å². The number of halogens is 2. The van der Waals surface area contributed by atoms with E-state index in [2.05, 4.69) is 4.99 Å². The van der Waals surface area contributed by atoms with Crippen molar-refractivity contribution in [3.05, 3.63) is 58.1 Å². The van der Waals surface area contributed by atoms with Crippen LogP contribution in [0.1, 0.15) is 5.56 Å². The second kappa shape index (κ2) is 5.89. The predicted molar refractivity (Wildman–Crippen MR) is 76.7 cm³/mol. The zero-order chi connectivity index (χ0) is 13.0. The summed E-state index contributed by atoms with van der Waals surface area (Å²) in [5, 5.41) is 0.963. The van der Waals surface area contributed by atoms with Gasteiger partial charge in [-0.2, -0.15) is 0 Å². The third-order valence-corrected chi connectivity index (χ3v) is 3.21. The molecule has 2 aromatic carbocycles. The summed E-state index contributed by atoms with van der Waals surface area (Å²) in [5.74, 6) is 0.813. The first-order valence-electron chi connectivity index (χ1n) is 5.33. The molecule has 0 amide bonds. The Morgan fingerprint density at radius 2 is 1.78 bits per heavy atom. The van der Waals surface area contributed by atoms with Gasteiger partial charge in [-0.3, -0.25) is 4.99 Å². The van der Waals surface area contributed by atoms with Crippen LogP contribution in [0.5, 0.6) is 5.75 Å². The van der Waals surface area contributed by atoms with Crippen LogP contribution in [0.4, 0.5) is 5.69 Å². The maximum Gasteiger partial charge on any atom is 0.118 e. The number of hydrogen-bond acceptors (Lipinski definition) is 2. The van der Waals surface area contributed by atoms with Crippen LogP contribution in [0.25, 0.3) is 0 Å². The minimum atomic E-state index is 0.462. The monoisotopic (exact) mass is 279 g/mol. The number of nitrogens with zero attached hydrogens (tertiary/aromatic N) is 1. The van der Waals surface area contributed by atoms with E-state index in [4.69, 9.17) is 27.9 Å². The lowest BCUT2D eigenvalue weighted by molar-refractivity contribution is 0.415. The Hall–Kier alpha value is -1.51. The highest BCUT2D eigenvalue weighted by Crippen LogP contribution is 2.31. The molecule has 0 saturated heterocycles. The van der Waals surface area contributed by atoms with Crippen molar-refractivity contribution in [2.45, 2.75) is 0 Å². The van der Waals surface area contributed by atoms with Crippen molar-refractivity contribution >= 4 is 35.1 Å². The molecule has 0 unspecified atom stereocenters. The molecule has 0 radical (unpaired) electrons. The molecule has 2 aromatic rings. The van der Waals surface area contributed by atoms with E-state index < -0.39 is 0 Å². The molecule has 0 bridgehead atoms. The summed E-state index contributed by atoms with van der Waals surface area (Å²) in [7, 11) is 1.63. The number of methoxy groups -OCH3 is 1. The van der Waals surface area contributed by atoms with E-state index in [1.807, 2.05) is 36.4 Å². The molecule has 4 heteroatoms. The van der Waals surface area contributed by atoms with Crippen LogP contribution in [0, 0.1) is 0 Å². The van der Waals surface area contributed by atoms with E-state index in [1.165, 1.54) is 0 Å². The fourth-order valence-corrected chi connectivity index (χ4v) is 1.77. The molecular formula is C14H11Cl2NO. The topological polar surface area (TPSA) is 21.6 Å². The second-order valence-corrected chi connectivity index (χ2v) is 4.39. The summed E-state index contributed by atoms with van der Waals surface area (Å²) in [5.41, 5.74) is 1.62. The molecule has 0 N–H and O–H groups in total. The van der Waals surface area contributed by atoms with Crippen molar-refractivity contribution < 1.29 is 4.74 Å². The summed E-state index contributed by atoms with van der Waals surface area (Å²) < 4.78 is 5.08. The fourth-order valence-electron chi connectivity index (χ4n) is 1.43. The minimum Gasteiger partial charge on any atom is -0.497 e. The molecule has 18 heavy (non-hydrogen) atoms. The Morgan fingerprint density at radius 1 is 1.06 bits per heavy atom. The molecule has 0 fully saturated rings. The number of rotatable bonds is 3. The van der Waals surface area contributed by atoms with Crippen LogP contribution < -0.4 is 4.74 Å². The third-order valence-electron chi connectivity index (χ3n) is 2.40. The number of ether oxygens (including phenoxy) is 1. The number of aliphatic imine (C=N–C) groups is 1. The molecule has 2 nitrogen and oxygen atoms in total. The molecule has 0 aliphatic heterocycles. The van der Waals surface area contributed by atoms with Crippen LogP contribution in [-0.2, 0) is 0 Å². The van der Waals surface area contributed by atoms with Gasteiger partial charge < -0.3 is 4.74 Å². The van der Waals surface area contributed by atoms with Gasteiger partial charge in [-0.05, 0) is 42.0 Å². The van der Waals surface area contributed by atoms with Gasteiger partial charge in [0.15, 0.2) is 0 Å². The Bertz CT molecular complexity index is 565. The van der Waals surface area contributed by atoms with E-state index in [-0.39, 0.29) is 0 Å². The Morgan fingerprint density at radius 3 is 2.44 bits per heavy atom. The van der Waals surface area contributed by atoms with Gasteiger partial charge in [0.05, 0.1) is 22.8 Å². The third kappa shape index (κ3) is 3.03. The fraction of sp³-hybridized carbons (Fsp3) is 0.0714. The van der Waals surface area contributed by atoms with Gasteiger partial charge in [-0.15, -0.1) is 0 Å². The highest BCUT2D eigenvalue weighted by atomic mass is 35.5. The Labute approximate surface area is 116 Å². The van der Waals surface area contributed by atoms with Crippen molar-refractivity contribution in [3.63, 3.8) is 0 Å². The van der Waals surface area contributed by atoms with Gasteiger partial charge in [-0.1, -0.05) is 29.3 Å². The average Bonchev–Trinajstić information content (AvgIpc) is 2.41. The zero-order valence-electron chi connectivity index (χ0n) is 9.73. The Kier molecular flexibility index (Phi) is 4.24. The van der Waals surface area contributed by atoms with Crippen LogP contribution in [-0.4, -0.2) is 13.3 Å². The maximum absolute atomic E-state index is 6.04. The zero-order valence-corrected chi connectivity index (χ0v) is 11.2. The van der Waals surface area contributed by atoms with E-state index in [0.717, 1.165) is 11.3 Å². The molecule has 0 spiro atoms. The smallest absolute Gasteiger partial charge is 0.118 e. The molecule has 0 aliphatic carbocycles. The SMILES string of the molecule is COc1ccc(C=Nc2cccc(Cl)c2Cl)cc1. The minimum absolute atomic E-state index is 0.462. The number of hydrogen-bond donors (Lipinski definition) is 0. The molecule has 0 heterocycles. The Balaban J connectivity index is 2.21. The van der Waals surface area contributed by atoms with E-state index in [9.17, 15) is 0 Å². The first-order valence-corrected chi connectivity index (χ1v) is 6.08. The normalized spacial score (nSPS) is 10.8. The first kappa shape index (κ1) is 12.9. The summed E-state index contributed by atoms with van der Waals surface area (Å²) in [6.45, 7) is 0.